The van der Waals surface area contributed by atoms with Crippen LogP contribution < -0.4 is 10.6 Å². The third-order valence-corrected chi connectivity index (χ3v) is 4.21. The molecular formula is C16H25FN2O. The lowest BCUT2D eigenvalue weighted by Gasteiger charge is -2.33. The number of aliphatic hydroxyl groups is 1. The van der Waals surface area contributed by atoms with Gasteiger partial charge in [-0.25, -0.2) is 4.39 Å². The fourth-order valence-electron chi connectivity index (χ4n) is 3.12. The number of aliphatic hydroxyl groups excluding tert-OH is 1. The van der Waals surface area contributed by atoms with Crippen molar-refractivity contribution in [2.45, 2.75) is 51.6 Å². The summed E-state index contributed by atoms with van der Waals surface area (Å²) < 4.78 is 13.8. The maximum atomic E-state index is 13.8. The molecule has 1 unspecified atom stereocenters. The Hall–Kier alpha value is -1.13. The van der Waals surface area contributed by atoms with Gasteiger partial charge >= 0.3 is 0 Å². The quantitative estimate of drug-likeness (QED) is 0.872. The molecule has 0 spiro atoms. The van der Waals surface area contributed by atoms with E-state index in [-0.39, 0.29) is 18.5 Å². The predicted molar refractivity (Wildman–Crippen MR) is 80.4 cm³/mol. The van der Waals surface area contributed by atoms with Crippen LogP contribution in [0.15, 0.2) is 12.1 Å². The average Bonchev–Trinajstić information content (AvgIpc) is 2.92. The summed E-state index contributed by atoms with van der Waals surface area (Å²) in [6, 6.07) is 3.64. The van der Waals surface area contributed by atoms with Crippen LogP contribution in [0.3, 0.4) is 0 Å². The molecule has 1 aromatic carbocycles. The number of anilines is 1. The molecule has 0 aliphatic heterocycles. The number of nitrogens with zero attached hydrogens (tertiary/aromatic N) is 1. The van der Waals surface area contributed by atoms with Gasteiger partial charge < -0.3 is 15.7 Å². The maximum Gasteiger partial charge on any atom is 0.126 e. The lowest BCUT2D eigenvalue weighted by atomic mass is 10.0. The second-order valence-corrected chi connectivity index (χ2v) is 5.80. The van der Waals surface area contributed by atoms with Gasteiger partial charge in [0, 0.05) is 24.3 Å². The highest BCUT2D eigenvalue weighted by atomic mass is 19.1. The van der Waals surface area contributed by atoms with Crippen molar-refractivity contribution in [3.63, 3.8) is 0 Å². The molecular weight excluding hydrogens is 255 g/mol. The molecule has 0 bridgehead atoms. The van der Waals surface area contributed by atoms with E-state index in [2.05, 4.69) is 4.90 Å². The summed E-state index contributed by atoms with van der Waals surface area (Å²) in [6.07, 6.45) is 4.71. The Balaban J connectivity index is 2.42. The number of benzene rings is 1. The molecule has 0 aromatic heterocycles. The van der Waals surface area contributed by atoms with Gasteiger partial charge in [0.1, 0.15) is 5.82 Å². The Morgan fingerprint density at radius 1 is 1.40 bits per heavy atom. The van der Waals surface area contributed by atoms with Crippen molar-refractivity contribution >= 4 is 5.69 Å². The van der Waals surface area contributed by atoms with Crippen LogP contribution >= 0.6 is 0 Å². The zero-order chi connectivity index (χ0) is 14.7. The van der Waals surface area contributed by atoms with Crippen LogP contribution in [0, 0.1) is 12.7 Å². The Morgan fingerprint density at radius 2 is 2.05 bits per heavy atom. The molecule has 0 heterocycles. The van der Waals surface area contributed by atoms with E-state index in [0.717, 1.165) is 24.1 Å². The van der Waals surface area contributed by atoms with Crippen LogP contribution in [-0.4, -0.2) is 24.3 Å². The van der Waals surface area contributed by atoms with E-state index in [9.17, 15) is 9.50 Å². The van der Waals surface area contributed by atoms with Gasteiger partial charge in [0.2, 0.25) is 0 Å². The van der Waals surface area contributed by atoms with Crippen LogP contribution in [0.25, 0.3) is 0 Å². The van der Waals surface area contributed by atoms with Crippen molar-refractivity contribution in [3.8, 4) is 0 Å². The first-order valence-corrected chi connectivity index (χ1v) is 7.47. The topological polar surface area (TPSA) is 49.5 Å². The number of halogens is 1. The molecule has 3 N–H and O–H groups in total. The van der Waals surface area contributed by atoms with Crippen LogP contribution in [0.2, 0.25) is 0 Å². The SMILES string of the molecule is Cc1cc(N(CCO)C2CCCC2)c(C(C)N)cc1F. The first-order valence-electron chi connectivity index (χ1n) is 7.47. The third-order valence-electron chi connectivity index (χ3n) is 4.21. The summed E-state index contributed by atoms with van der Waals surface area (Å²) in [6.45, 7) is 4.33. The smallest absolute Gasteiger partial charge is 0.126 e. The van der Waals surface area contributed by atoms with Gasteiger partial charge in [-0.05, 0) is 49.9 Å². The van der Waals surface area contributed by atoms with Crippen LogP contribution in [-0.2, 0) is 0 Å². The standard InChI is InChI=1S/C16H25FN2O/c1-11-9-16(14(12(2)18)10-15(11)17)19(7-8-20)13-5-3-4-6-13/h9-10,12-13,20H,3-8,18H2,1-2H3. The lowest BCUT2D eigenvalue weighted by molar-refractivity contribution is 0.297. The van der Waals surface area contributed by atoms with Crippen molar-refractivity contribution in [3.05, 3.63) is 29.1 Å². The Labute approximate surface area is 120 Å². The van der Waals surface area contributed by atoms with Crippen LogP contribution in [0.4, 0.5) is 10.1 Å². The highest BCUT2D eigenvalue weighted by Crippen LogP contribution is 2.34. The fraction of sp³-hybridized carbons (Fsp3) is 0.625. The summed E-state index contributed by atoms with van der Waals surface area (Å²) in [5, 5.41) is 9.36. The first kappa shape index (κ1) is 15.3. The van der Waals surface area contributed by atoms with Gasteiger partial charge in [0.15, 0.2) is 0 Å². The van der Waals surface area contributed by atoms with E-state index in [1.807, 2.05) is 13.0 Å². The summed E-state index contributed by atoms with van der Waals surface area (Å²) in [7, 11) is 0. The van der Waals surface area contributed by atoms with Crippen LogP contribution in [0.1, 0.15) is 49.8 Å². The minimum atomic E-state index is -0.220. The predicted octanol–water partition coefficient (Wildman–Crippen LogP) is 2.90. The van der Waals surface area contributed by atoms with E-state index in [1.54, 1.807) is 13.0 Å². The number of nitrogens with two attached hydrogens (primary N) is 1. The van der Waals surface area contributed by atoms with Crippen molar-refractivity contribution in [2.75, 3.05) is 18.1 Å². The molecule has 0 radical (unpaired) electrons. The monoisotopic (exact) mass is 280 g/mol. The second kappa shape index (κ2) is 6.55. The van der Waals surface area contributed by atoms with Crippen molar-refractivity contribution in [2.24, 2.45) is 5.73 Å². The first-order chi connectivity index (χ1) is 9.54. The molecule has 2 rings (SSSR count). The van der Waals surface area contributed by atoms with Gasteiger partial charge in [-0.3, -0.25) is 0 Å². The summed E-state index contributed by atoms with van der Waals surface area (Å²) in [4.78, 5) is 2.22. The number of hydrogen-bond donors (Lipinski definition) is 2. The van der Waals surface area contributed by atoms with Gasteiger partial charge in [-0.15, -0.1) is 0 Å². The summed E-state index contributed by atoms with van der Waals surface area (Å²) in [5.74, 6) is -0.212. The normalized spacial score (nSPS) is 17.4. The highest BCUT2D eigenvalue weighted by Gasteiger charge is 2.25. The molecule has 1 aliphatic carbocycles. The molecule has 1 atom stereocenters. The van der Waals surface area contributed by atoms with Gasteiger partial charge in [-0.2, -0.15) is 0 Å². The Kier molecular flexibility index (Phi) is 5.00. The van der Waals surface area contributed by atoms with Crippen molar-refractivity contribution < 1.29 is 9.50 Å². The largest absolute Gasteiger partial charge is 0.395 e. The molecule has 0 amide bonds. The van der Waals surface area contributed by atoms with E-state index in [0.29, 0.717) is 18.2 Å². The minimum absolute atomic E-state index is 0.102. The average molecular weight is 280 g/mol. The Morgan fingerprint density at radius 3 is 2.60 bits per heavy atom. The molecule has 3 nitrogen and oxygen atoms in total. The van der Waals surface area contributed by atoms with E-state index in [4.69, 9.17) is 5.73 Å². The van der Waals surface area contributed by atoms with E-state index < -0.39 is 0 Å². The van der Waals surface area contributed by atoms with Crippen LogP contribution in [0.5, 0.6) is 0 Å². The molecule has 1 aliphatic rings. The molecule has 20 heavy (non-hydrogen) atoms. The van der Waals surface area contributed by atoms with Crippen molar-refractivity contribution in [1.82, 2.24) is 0 Å². The summed E-state index contributed by atoms with van der Waals surface area (Å²) in [5.41, 5.74) is 8.45. The minimum Gasteiger partial charge on any atom is -0.395 e. The third kappa shape index (κ3) is 3.13. The second-order valence-electron chi connectivity index (χ2n) is 5.80. The zero-order valence-corrected chi connectivity index (χ0v) is 12.4. The molecule has 1 aromatic rings. The molecule has 1 fully saturated rings. The van der Waals surface area contributed by atoms with Gasteiger partial charge in [0.05, 0.1) is 6.61 Å². The molecule has 112 valence electrons. The Bertz CT molecular complexity index is 456. The highest BCUT2D eigenvalue weighted by molar-refractivity contribution is 5.58. The molecule has 1 saturated carbocycles. The number of rotatable bonds is 5. The molecule has 4 heteroatoms. The van der Waals surface area contributed by atoms with E-state index >= 15 is 0 Å². The van der Waals surface area contributed by atoms with Gasteiger partial charge in [-0.1, -0.05) is 12.8 Å². The zero-order valence-electron chi connectivity index (χ0n) is 12.4. The molecule has 0 saturated heterocycles. The van der Waals surface area contributed by atoms with Crippen molar-refractivity contribution in [1.29, 1.82) is 0 Å². The van der Waals surface area contributed by atoms with Gasteiger partial charge in [0.25, 0.3) is 0 Å². The fourth-order valence-corrected chi connectivity index (χ4v) is 3.12. The maximum absolute atomic E-state index is 13.8. The number of hydrogen-bond acceptors (Lipinski definition) is 3. The van der Waals surface area contributed by atoms with E-state index in [1.165, 1.54) is 12.8 Å². The number of aryl methyl sites for hydroxylation is 1. The summed E-state index contributed by atoms with van der Waals surface area (Å²) >= 11 is 0. The lowest BCUT2D eigenvalue weighted by Crippen LogP contribution is -2.37.